The lowest BCUT2D eigenvalue weighted by Gasteiger charge is -2.32. The summed E-state index contributed by atoms with van der Waals surface area (Å²) < 4.78 is 25.4. The van der Waals surface area contributed by atoms with Crippen molar-refractivity contribution in [3.05, 3.63) is 23.9 Å². The summed E-state index contributed by atoms with van der Waals surface area (Å²) in [6.45, 7) is 1.71. The molecule has 0 bridgehead atoms. The highest BCUT2D eigenvalue weighted by Crippen LogP contribution is 2.22. The molecule has 0 radical (unpaired) electrons. The Morgan fingerprint density at radius 1 is 1.48 bits per heavy atom. The Morgan fingerprint density at radius 3 is 2.78 bits per heavy atom. The number of sulfonamides is 1. The Bertz CT molecular complexity index is 646. The lowest BCUT2D eigenvalue weighted by atomic mass is 9.97. The highest BCUT2D eigenvalue weighted by Gasteiger charge is 2.25. The maximum Gasteiger partial charge on any atom is 0.256 e. The lowest BCUT2D eigenvalue weighted by molar-refractivity contribution is 0.0687. The summed E-state index contributed by atoms with van der Waals surface area (Å²) in [7, 11) is -3.23. The highest BCUT2D eigenvalue weighted by molar-refractivity contribution is 9.10. The Hall–Kier alpha value is -0.640. The van der Waals surface area contributed by atoms with E-state index < -0.39 is 10.0 Å². The van der Waals surface area contributed by atoms with Crippen molar-refractivity contribution in [1.29, 1.82) is 0 Å². The van der Waals surface area contributed by atoms with Crippen LogP contribution in [0.1, 0.15) is 23.2 Å². The molecule has 1 aromatic heterocycles. The van der Waals surface area contributed by atoms with Gasteiger partial charge in [-0.1, -0.05) is 15.9 Å². The Kier molecular flexibility index (Phi) is 6.87. The molecule has 1 aliphatic rings. The summed E-state index contributed by atoms with van der Waals surface area (Å²) >= 11 is 4.41. The fourth-order valence-electron chi connectivity index (χ4n) is 2.51. The van der Waals surface area contributed by atoms with Gasteiger partial charge >= 0.3 is 0 Å². The number of carbonyl (C=O) groups excluding carboxylic acids is 1. The van der Waals surface area contributed by atoms with Crippen LogP contribution in [-0.2, 0) is 10.0 Å². The van der Waals surface area contributed by atoms with Gasteiger partial charge in [0.05, 0.1) is 5.56 Å². The number of likely N-dealkylation sites (tertiary alicyclic amines) is 1. The number of piperidine rings is 1. The molecule has 0 unspecified atom stereocenters. The number of thioether (sulfide) groups is 1. The molecule has 1 N–H and O–H groups in total. The number of hydrogen-bond donors (Lipinski definition) is 1. The number of hydrogen-bond acceptors (Lipinski definition) is 5. The number of halogens is 1. The number of aromatic nitrogens is 1. The van der Waals surface area contributed by atoms with E-state index in [4.69, 9.17) is 0 Å². The van der Waals surface area contributed by atoms with Crippen LogP contribution in [0.15, 0.2) is 23.4 Å². The number of nitrogens with zero attached hydrogens (tertiary/aromatic N) is 2. The molecule has 1 aliphatic heterocycles. The van der Waals surface area contributed by atoms with E-state index in [9.17, 15) is 13.2 Å². The van der Waals surface area contributed by atoms with E-state index in [1.165, 1.54) is 11.8 Å². The average Bonchev–Trinajstić information content (AvgIpc) is 2.60. The molecule has 9 heteroatoms. The van der Waals surface area contributed by atoms with Crippen molar-refractivity contribution in [3.8, 4) is 0 Å². The Labute approximate surface area is 149 Å². The molecule has 128 valence electrons. The number of amides is 1. The summed E-state index contributed by atoms with van der Waals surface area (Å²) in [6, 6.07) is 3.58. The molecule has 0 aliphatic carbocycles. The lowest BCUT2D eigenvalue weighted by Crippen LogP contribution is -2.41. The van der Waals surface area contributed by atoms with Gasteiger partial charge in [-0.3, -0.25) is 4.79 Å². The van der Waals surface area contributed by atoms with E-state index in [0.29, 0.717) is 25.2 Å². The van der Waals surface area contributed by atoms with Crippen LogP contribution in [0.4, 0.5) is 0 Å². The van der Waals surface area contributed by atoms with Gasteiger partial charge in [-0.15, -0.1) is 11.8 Å². The van der Waals surface area contributed by atoms with Crippen LogP contribution in [0.25, 0.3) is 0 Å². The minimum atomic E-state index is -3.23. The molecule has 6 nitrogen and oxygen atoms in total. The van der Waals surface area contributed by atoms with Crippen molar-refractivity contribution in [3.63, 3.8) is 0 Å². The van der Waals surface area contributed by atoms with Crippen molar-refractivity contribution >= 4 is 43.6 Å². The molecule has 1 saturated heterocycles. The maximum absolute atomic E-state index is 12.6. The smallest absolute Gasteiger partial charge is 0.256 e. The normalized spacial score (nSPS) is 16.5. The predicted octanol–water partition coefficient (Wildman–Crippen LogP) is 1.93. The van der Waals surface area contributed by atoms with Gasteiger partial charge in [0, 0.05) is 25.8 Å². The van der Waals surface area contributed by atoms with Gasteiger partial charge in [-0.25, -0.2) is 18.1 Å². The maximum atomic E-state index is 12.6. The summed E-state index contributed by atoms with van der Waals surface area (Å²) in [5.41, 5.74) is 0.637. The number of rotatable bonds is 6. The second-order valence-corrected chi connectivity index (χ2v) is 9.27. The fourth-order valence-corrected chi connectivity index (χ4v) is 4.10. The summed E-state index contributed by atoms with van der Waals surface area (Å²) in [5, 5.41) is 0.740. The molecule has 23 heavy (non-hydrogen) atoms. The van der Waals surface area contributed by atoms with Crippen LogP contribution >= 0.6 is 27.7 Å². The third kappa shape index (κ3) is 5.17. The van der Waals surface area contributed by atoms with Gasteiger partial charge in [-0.05, 0) is 37.1 Å². The molecule has 2 heterocycles. The molecule has 1 amide bonds. The third-order valence-corrected chi connectivity index (χ3v) is 7.25. The monoisotopic (exact) mass is 421 g/mol. The zero-order chi connectivity index (χ0) is 16.9. The first-order valence-corrected chi connectivity index (χ1v) is 11.3. The largest absolute Gasteiger partial charge is 0.339 e. The van der Waals surface area contributed by atoms with Crippen LogP contribution in [0.3, 0.4) is 0 Å². The number of alkyl halides is 1. The molecular weight excluding hydrogens is 402 g/mol. The molecule has 0 spiro atoms. The van der Waals surface area contributed by atoms with Crippen LogP contribution in [0.2, 0.25) is 0 Å². The molecule has 1 fully saturated rings. The Balaban J connectivity index is 1.90. The van der Waals surface area contributed by atoms with Gasteiger partial charge in [0.2, 0.25) is 10.0 Å². The average molecular weight is 422 g/mol. The van der Waals surface area contributed by atoms with Gasteiger partial charge in [0.25, 0.3) is 5.91 Å². The van der Waals surface area contributed by atoms with Crippen LogP contribution < -0.4 is 4.72 Å². The van der Waals surface area contributed by atoms with Gasteiger partial charge in [-0.2, -0.15) is 0 Å². The second kappa shape index (κ2) is 8.46. The number of pyridine rings is 1. The van der Waals surface area contributed by atoms with Crippen molar-refractivity contribution in [1.82, 2.24) is 14.6 Å². The van der Waals surface area contributed by atoms with Crippen molar-refractivity contribution in [2.75, 3.05) is 30.6 Å². The molecule has 1 aromatic rings. The minimum absolute atomic E-state index is 0.00180. The van der Waals surface area contributed by atoms with E-state index in [2.05, 4.69) is 25.6 Å². The molecule has 0 saturated carbocycles. The summed E-state index contributed by atoms with van der Waals surface area (Å²) in [6.07, 6.45) is 5.18. The SMILES string of the molecule is CSc1ncccc1C(=O)N1CCC(CNS(=O)(=O)CBr)CC1. The predicted molar refractivity (Wildman–Crippen MR) is 95.4 cm³/mol. The van der Waals surface area contributed by atoms with Crippen molar-refractivity contribution in [2.45, 2.75) is 17.9 Å². The van der Waals surface area contributed by atoms with Crippen LogP contribution in [0.5, 0.6) is 0 Å². The zero-order valence-corrected chi connectivity index (χ0v) is 16.1. The fraction of sp³-hybridized carbons (Fsp3) is 0.571. The van der Waals surface area contributed by atoms with Crippen molar-refractivity contribution in [2.24, 2.45) is 5.92 Å². The Morgan fingerprint density at radius 2 is 2.17 bits per heavy atom. The standard InChI is InChI=1S/C14H20BrN3O3S2/c1-22-13-12(3-2-6-16-13)14(19)18-7-4-11(5-8-18)9-17-23(20,21)10-15/h2-3,6,11,17H,4-5,7-10H2,1H3. The van der Waals surface area contributed by atoms with Crippen LogP contribution in [0, 0.1) is 5.92 Å². The van der Waals surface area contributed by atoms with E-state index in [0.717, 1.165) is 17.9 Å². The van der Waals surface area contributed by atoms with Crippen LogP contribution in [-0.4, -0.2) is 54.8 Å². The minimum Gasteiger partial charge on any atom is -0.339 e. The van der Waals surface area contributed by atoms with E-state index >= 15 is 0 Å². The molecule has 2 rings (SSSR count). The first-order valence-electron chi connectivity index (χ1n) is 7.28. The number of carbonyl (C=O) groups is 1. The van der Waals surface area contributed by atoms with Gasteiger partial charge in [0.1, 0.15) is 9.69 Å². The van der Waals surface area contributed by atoms with E-state index in [1.807, 2.05) is 11.2 Å². The summed E-state index contributed by atoms with van der Waals surface area (Å²) in [4.78, 5) is 18.7. The topological polar surface area (TPSA) is 79.4 Å². The highest BCUT2D eigenvalue weighted by atomic mass is 79.9. The summed E-state index contributed by atoms with van der Waals surface area (Å²) in [5.74, 6) is 0.267. The van der Waals surface area contributed by atoms with Gasteiger partial charge in [0.15, 0.2) is 0 Å². The zero-order valence-electron chi connectivity index (χ0n) is 12.9. The molecule has 0 aromatic carbocycles. The van der Waals surface area contributed by atoms with E-state index in [-0.39, 0.29) is 16.5 Å². The first-order chi connectivity index (χ1) is 11.0. The first kappa shape index (κ1) is 18.7. The third-order valence-electron chi connectivity index (χ3n) is 3.83. The van der Waals surface area contributed by atoms with Crippen molar-refractivity contribution < 1.29 is 13.2 Å². The molecular formula is C14H20BrN3O3S2. The molecule has 0 atom stereocenters. The second-order valence-electron chi connectivity index (χ2n) is 5.37. The quantitative estimate of drug-likeness (QED) is 0.560. The number of nitrogens with one attached hydrogen (secondary N) is 1. The van der Waals surface area contributed by atoms with E-state index in [1.54, 1.807) is 18.3 Å². The van der Waals surface area contributed by atoms with Gasteiger partial charge < -0.3 is 4.90 Å².